The molecule has 1 aromatic rings. The molecule has 116 valence electrons. The molecular weight excluding hydrogens is 346 g/mol. The third kappa shape index (κ3) is 4.25. The van der Waals surface area contributed by atoms with Gasteiger partial charge in [0.2, 0.25) is 0 Å². The molecule has 0 saturated heterocycles. The lowest BCUT2D eigenvalue weighted by atomic mass is 9.91. The molecule has 3 N–H and O–H groups in total. The van der Waals surface area contributed by atoms with Crippen molar-refractivity contribution in [3.63, 3.8) is 0 Å². The van der Waals surface area contributed by atoms with Crippen LogP contribution in [0.2, 0.25) is 0 Å². The lowest BCUT2D eigenvalue weighted by molar-refractivity contribution is 0.0878. The van der Waals surface area contributed by atoms with Gasteiger partial charge in [-0.2, -0.15) is 0 Å². The van der Waals surface area contributed by atoms with Crippen LogP contribution in [0.25, 0.3) is 0 Å². The van der Waals surface area contributed by atoms with Crippen molar-refractivity contribution < 1.29 is 14.6 Å². The van der Waals surface area contributed by atoms with E-state index >= 15 is 0 Å². The molecule has 0 aliphatic carbocycles. The lowest BCUT2D eigenvalue weighted by Crippen LogP contribution is -2.31. The number of nitrogens with two attached hydrogens (primary N) is 1. The number of aliphatic hydroxyl groups is 1. The zero-order valence-corrected chi connectivity index (χ0v) is 14.6. The highest BCUT2D eigenvalue weighted by Gasteiger charge is 2.24. The average Bonchev–Trinajstić information content (AvgIpc) is 2.44. The van der Waals surface area contributed by atoms with E-state index in [-0.39, 0.29) is 18.3 Å². The van der Waals surface area contributed by atoms with Crippen LogP contribution in [0.4, 0.5) is 0 Å². The van der Waals surface area contributed by atoms with E-state index < -0.39 is 12.1 Å². The number of halogens is 2. The van der Waals surface area contributed by atoms with E-state index in [1.807, 2.05) is 26.0 Å². The number of benzene rings is 1. The molecule has 0 aliphatic rings. The second-order valence-electron chi connectivity index (χ2n) is 4.64. The third-order valence-corrected chi connectivity index (χ3v) is 4.23. The molecular formula is C14H23BrClNO3. The summed E-state index contributed by atoms with van der Waals surface area (Å²) >= 11 is 3.41. The number of rotatable bonds is 6. The van der Waals surface area contributed by atoms with E-state index in [9.17, 15) is 5.11 Å². The molecule has 0 bridgehead atoms. The zero-order valence-electron chi connectivity index (χ0n) is 12.2. The molecule has 20 heavy (non-hydrogen) atoms. The Labute approximate surface area is 135 Å². The Morgan fingerprint density at radius 2 is 1.70 bits per heavy atom. The molecule has 0 amide bonds. The van der Waals surface area contributed by atoms with Crippen LogP contribution in [-0.4, -0.2) is 25.4 Å². The molecule has 1 aromatic carbocycles. The first-order chi connectivity index (χ1) is 8.96. The SMILES string of the molecule is CCC(C)[C@@H](O)[C@@H](N)c1cc(OC)c(Br)c(OC)c1.Cl. The number of methoxy groups -OCH3 is 2. The van der Waals surface area contributed by atoms with Gasteiger partial charge >= 0.3 is 0 Å². The van der Waals surface area contributed by atoms with Crippen LogP contribution in [0.3, 0.4) is 0 Å². The molecule has 1 rings (SSSR count). The normalized spacial score (nSPS) is 14.9. The second kappa shape index (κ2) is 8.72. The van der Waals surface area contributed by atoms with E-state index in [1.165, 1.54) is 0 Å². The zero-order chi connectivity index (χ0) is 14.6. The molecule has 4 nitrogen and oxygen atoms in total. The van der Waals surface area contributed by atoms with Gasteiger partial charge < -0.3 is 20.3 Å². The summed E-state index contributed by atoms with van der Waals surface area (Å²) in [4.78, 5) is 0. The predicted molar refractivity (Wildman–Crippen MR) is 86.9 cm³/mol. The molecule has 0 fully saturated rings. The summed E-state index contributed by atoms with van der Waals surface area (Å²) in [5.41, 5.74) is 6.93. The molecule has 3 atom stereocenters. The Morgan fingerprint density at radius 1 is 1.25 bits per heavy atom. The molecule has 0 aliphatic heterocycles. The monoisotopic (exact) mass is 367 g/mol. The largest absolute Gasteiger partial charge is 0.495 e. The highest BCUT2D eigenvalue weighted by Crippen LogP contribution is 2.38. The molecule has 0 aromatic heterocycles. The third-order valence-electron chi connectivity index (χ3n) is 3.45. The number of hydrogen-bond acceptors (Lipinski definition) is 4. The number of ether oxygens (including phenoxy) is 2. The Morgan fingerprint density at radius 3 is 2.05 bits per heavy atom. The molecule has 0 spiro atoms. The smallest absolute Gasteiger partial charge is 0.137 e. The highest BCUT2D eigenvalue weighted by atomic mass is 79.9. The van der Waals surface area contributed by atoms with Crippen molar-refractivity contribution >= 4 is 28.3 Å². The van der Waals surface area contributed by atoms with Crippen molar-refractivity contribution in [2.24, 2.45) is 11.7 Å². The van der Waals surface area contributed by atoms with Crippen molar-refractivity contribution in [2.45, 2.75) is 32.4 Å². The first-order valence-corrected chi connectivity index (χ1v) is 7.10. The first-order valence-electron chi connectivity index (χ1n) is 6.31. The summed E-state index contributed by atoms with van der Waals surface area (Å²) in [5.74, 6) is 1.41. The summed E-state index contributed by atoms with van der Waals surface area (Å²) < 4.78 is 11.3. The van der Waals surface area contributed by atoms with E-state index in [2.05, 4.69) is 15.9 Å². The molecule has 0 heterocycles. The fourth-order valence-corrected chi connectivity index (χ4v) is 2.43. The summed E-state index contributed by atoms with van der Waals surface area (Å²) in [6, 6.07) is 3.18. The second-order valence-corrected chi connectivity index (χ2v) is 5.43. The van der Waals surface area contributed by atoms with Gasteiger partial charge in [0, 0.05) is 0 Å². The van der Waals surface area contributed by atoms with Gasteiger partial charge in [0.25, 0.3) is 0 Å². The lowest BCUT2D eigenvalue weighted by Gasteiger charge is -2.25. The first kappa shape index (κ1) is 19.5. The van der Waals surface area contributed by atoms with Crippen molar-refractivity contribution in [1.29, 1.82) is 0 Å². The summed E-state index contributed by atoms with van der Waals surface area (Å²) in [5, 5.41) is 10.2. The minimum atomic E-state index is -0.597. The Bertz CT molecular complexity index is 406. The van der Waals surface area contributed by atoms with Crippen LogP contribution in [0.5, 0.6) is 11.5 Å². The van der Waals surface area contributed by atoms with Gasteiger partial charge in [-0.05, 0) is 39.5 Å². The maximum Gasteiger partial charge on any atom is 0.137 e. The molecule has 1 unspecified atom stereocenters. The topological polar surface area (TPSA) is 64.7 Å². The Balaban J connectivity index is 0.00000361. The quantitative estimate of drug-likeness (QED) is 0.808. The van der Waals surface area contributed by atoms with Crippen molar-refractivity contribution in [3.8, 4) is 11.5 Å². The fraction of sp³-hybridized carbons (Fsp3) is 0.571. The van der Waals surface area contributed by atoms with E-state index in [4.69, 9.17) is 15.2 Å². The standard InChI is InChI=1S/C14H22BrNO3.ClH/c1-5-8(2)14(17)13(16)9-6-10(18-3)12(15)11(7-9)19-4;/h6-8,13-14,17H,5,16H2,1-4H3;1H/t8?,13-,14+;/m0./s1. The number of aliphatic hydroxyl groups excluding tert-OH is 1. The van der Waals surface area contributed by atoms with Gasteiger partial charge in [-0.1, -0.05) is 20.3 Å². The van der Waals surface area contributed by atoms with E-state index in [0.717, 1.165) is 16.5 Å². The number of hydrogen-bond donors (Lipinski definition) is 2. The molecule has 0 radical (unpaired) electrons. The van der Waals surface area contributed by atoms with Crippen molar-refractivity contribution in [1.82, 2.24) is 0 Å². The van der Waals surface area contributed by atoms with Crippen molar-refractivity contribution in [2.75, 3.05) is 14.2 Å². The average molecular weight is 369 g/mol. The van der Waals surface area contributed by atoms with Crippen LogP contribution in [0, 0.1) is 5.92 Å². The van der Waals surface area contributed by atoms with Crippen LogP contribution in [0.1, 0.15) is 31.9 Å². The van der Waals surface area contributed by atoms with Crippen molar-refractivity contribution in [3.05, 3.63) is 22.2 Å². The van der Waals surface area contributed by atoms with Gasteiger partial charge in [-0.15, -0.1) is 12.4 Å². The summed E-state index contributed by atoms with van der Waals surface area (Å²) in [6.45, 7) is 4.02. The summed E-state index contributed by atoms with van der Waals surface area (Å²) in [6.07, 6.45) is 0.278. The fourth-order valence-electron chi connectivity index (χ4n) is 1.87. The van der Waals surface area contributed by atoms with Gasteiger partial charge in [-0.25, -0.2) is 0 Å². The predicted octanol–water partition coefficient (Wildman–Crippen LogP) is 3.29. The maximum absolute atomic E-state index is 10.2. The van der Waals surface area contributed by atoms with Crippen LogP contribution in [0.15, 0.2) is 16.6 Å². The van der Waals surface area contributed by atoms with Crippen LogP contribution >= 0.6 is 28.3 Å². The van der Waals surface area contributed by atoms with Crippen LogP contribution in [-0.2, 0) is 0 Å². The van der Waals surface area contributed by atoms with E-state index in [0.29, 0.717) is 11.5 Å². The Hall–Kier alpha value is -0.490. The van der Waals surface area contributed by atoms with E-state index in [1.54, 1.807) is 14.2 Å². The summed E-state index contributed by atoms with van der Waals surface area (Å²) in [7, 11) is 3.17. The van der Waals surface area contributed by atoms with Crippen LogP contribution < -0.4 is 15.2 Å². The van der Waals surface area contributed by atoms with Gasteiger partial charge in [0.15, 0.2) is 0 Å². The van der Waals surface area contributed by atoms with Gasteiger partial charge in [-0.3, -0.25) is 0 Å². The highest BCUT2D eigenvalue weighted by molar-refractivity contribution is 9.10. The molecule has 0 saturated carbocycles. The maximum atomic E-state index is 10.2. The minimum absolute atomic E-state index is 0. The van der Waals surface area contributed by atoms with Gasteiger partial charge in [0.05, 0.1) is 26.4 Å². The molecule has 6 heteroatoms. The Kier molecular flexibility index (Phi) is 8.51. The van der Waals surface area contributed by atoms with Gasteiger partial charge in [0.1, 0.15) is 16.0 Å². The minimum Gasteiger partial charge on any atom is -0.495 e.